The first kappa shape index (κ1) is 30.0. The van der Waals surface area contributed by atoms with Crippen molar-refractivity contribution in [1.82, 2.24) is 0 Å². The molecule has 0 spiro atoms. The van der Waals surface area contributed by atoms with Gasteiger partial charge >= 0.3 is 0 Å². The Morgan fingerprint density at radius 2 is 0.902 bits per heavy atom. The van der Waals surface area contributed by atoms with Crippen LogP contribution in [-0.2, 0) is 10.8 Å². The summed E-state index contributed by atoms with van der Waals surface area (Å²) in [5.41, 5.74) is 4.86. The molecule has 0 atom stereocenters. The highest BCUT2D eigenvalue weighted by Crippen LogP contribution is 2.47. The Morgan fingerprint density at radius 1 is 0.537 bits per heavy atom. The Morgan fingerprint density at radius 3 is 1.27 bits per heavy atom. The van der Waals surface area contributed by atoms with E-state index in [9.17, 15) is 20.4 Å². The standard InChI is InChI=1S/C20H26O2.C17H18O2/c1-3-4-5-6-15-20(2,16-7-11-18(21)12-8-16)17-9-13-19(22)14-10-17;18-15-7-3-13(4-8-15)17(11-1-2-12-17)14-5-9-16(19)10-6-14/h7-14,21-22H,3-6,15H2,1-2H3;3-10,18-19H,1-2,11-12H2. The van der Waals surface area contributed by atoms with E-state index in [4.69, 9.17) is 0 Å². The third-order valence-corrected chi connectivity index (χ3v) is 8.84. The van der Waals surface area contributed by atoms with Crippen LogP contribution in [0.25, 0.3) is 0 Å². The zero-order chi connectivity index (χ0) is 29.3. The molecule has 1 saturated carbocycles. The van der Waals surface area contributed by atoms with Crippen LogP contribution in [-0.4, -0.2) is 20.4 Å². The van der Waals surface area contributed by atoms with Crippen molar-refractivity contribution in [3.8, 4) is 23.0 Å². The highest BCUT2D eigenvalue weighted by atomic mass is 16.3. The molecule has 1 aliphatic carbocycles. The Kier molecular flexibility index (Phi) is 9.99. The summed E-state index contributed by atoms with van der Waals surface area (Å²) in [7, 11) is 0. The van der Waals surface area contributed by atoms with E-state index in [1.54, 1.807) is 48.5 Å². The van der Waals surface area contributed by atoms with Gasteiger partial charge in [-0.15, -0.1) is 0 Å². The smallest absolute Gasteiger partial charge is 0.115 e. The number of unbranched alkanes of at least 4 members (excludes halogenated alkanes) is 3. The molecule has 4 aromatic rings. The minimum Gasteiger partial charge on any atom is -0.508 e. The maximum Gasteiger partial charge on any atom is 0.115 e. The lowest BCUT2D eigenvalue weighted by Gasteiger charge is -2.31. The monoisotopic (exact) mass is 552 g/mol. The molecule has 0 saturated heterocycles. The molecule has 0 radical (unpaired) electrons. The van der Waals surface area contributed by atoms with E-state index in [1.165, 1.54) is 60.8 Å². The van der Waals surface area contributed by atoms with E-state index in [0.29, 0.717) is 23.0 Å². The summed E-state index contributed by atoms with van der Waals surface area (Å²) in [4.78, 5) is 0. The molecule has 0 aromatic heterocycles. The quantitative estimate of drug-likeness (QED) is 0.156. The summed E-state index contributed by atoms with van der Waals surface area (Å²) in [5.74, 6) is 1.20. The number of hydrogen-bond donors (Lipinski definition) is 4. The third kappa shape index (κ3) is 7.24. The molecule has 216 valence electrons. The fourth-order valence-corrected chi connectivity index (χ4v) is 6.30. The molecule has 41 heavy (non-hydrogen) atoms. The van der Waals surface area contributed by atoms with Gasteiger partial charge in [0.05, 0.1) is 0 Å². The second-order valence-corrected chi connectivity index (χ2v) is 11.6. The molecule has 1 aliphatic rings. The highest BCUT2D eigenvalue weighted by Gasteiger charge is 2.37. The topological polar surface area (TPSA) is 80.9 Å². The number of hydrogen-bond acceptors (Lipinski definition) is 4. The molecule has 5 rings (SSSR count). The molecule has 0 amide bonds. The number of phenols is 4. The van der Waals surface area contributed by atoms with Crippen molar-refractivity contribution in [2.45, 2.75) is 82.5 Å². The van der Waals surface area contributed by atoms with E-state index >= 15 is 0 Å². The Balaban J connectivity index is 0.000000191. The van der Waals surface area contributed by atoms with E-state index in [1.807, 2.05) is 48.5 Å². The van der Waals surface area contributed by atoms with E-state index in [2.05, 4.69) is 13.8 Å². The molecule has 1 fully saturated rings. The van der Waals surface area contributed by atoms with Gasteiger partial charge in [-0.2, -0.15) is 0 Å². The van der Waals surface area contributed by atoms with E-state index in [-0.39, 0.29) is 10.8 Å². The predicted octanol–water partition coefficient (Wildman–Crippen LogP) is 9.33. The average Bonchev–Trinajstić information content (AvgIpc) is 3.48. The molecule has 4 nitrogen and oxygen atoms in total. The fourth-order valence-electron chi connectivity index (χ4n) is 6.30. The second-order valence-electron chi connectivity index (χ2n) is 11.6. The van der Waals surface area contributed by atoms with E-state index < -0.39 is 0 Å². The van der Waals surface area contributed by atoms with Crippen LogP contribution in [0.15, 0.2) is 97.1 Å². The number of benzene rings is 4. The van der Waals surface area contributed by atoms with Crippen LogP contribution in [0.4, 0.5) is 0 Å². The van der Waals surface area contributed by atoms with Crippen molar-refractivity contribution in [1.29, 1.82) is 0 Å². The molecule has 4 heteroatoms. The van der Waals surface area contributed by atoms with Crippen LogP contribution in [0.2, 0.25) is 0 Å². The van der Waals surface area contributed by atoms with Gasteiger partial charge in [0.15, 0.2) is 0 Å². The maximum absolute atomic E-state index is 9.54. The van der Waals surface area contributed by atoms with E-state index in [0.717, 1.165) is 19.3 Å². The Labute approximate surface area is 245 Å². The number of rotatable bonds is 9. The fraction of sp³-hybridized carbons (Fsp3) is 0.351. The van der Waals surface area contributed by atoms with Gasteiger partial charge in [0.2, 0.25) is 0 Å². The lowest BCUT2D eigenvalue weighted by molar-refractivity contribution is 0.462. The molecule has 0 unspecified atom stereocenters. The van der Waals surface area contributed by atoms with Gasteiger partial charge < -0.3 is 20.4 Å². The highest BCUT2D eigenvalue weighted by molar-refractivity contribution is 5.44. The van der Waals surface area contributed by atoms with Crippen molar-refractivity contribution >= 4 is 0 Å². The van der Waals surface area contributed by atoms with Gasteiger partial charge in [0.1, 0.15) is 23.0 Å². The van der Waals surface area contributed by atoms with Gasteiger partial charge in [-0.05, 0) is 90.0 Å². The molecule has 4 aromatic carbocycles. The zero-order valence-electron chi connectivity index (χ0n) is 24.4. The molecule has 0 bridgehead atoms. The van der Waals surface area contributed by atoms with Gasteiger partial charge in [-0.1, -0.05) is 101 Å². The number of phenolic OH excluding ortho intramolecular Hbond substituents is 4. The predicted molar refractivity (Wildman–Crippen MR) is 167 cm³/mol. The minimum absolute atomic E-state index is 0.0431. The number of aromatic hydroxyl groups is 4. The van der Waals surface area contributed by atoms with Gasteiger partial charge in [-0.25, -0.2) is 0 Å². The van der Waals surface area contributed by atoms with Crippen LogP contribution in [0, 0.1) is 0 Å². The molecule has 4 N–H and O–H groups in total. The first-order chi connectivity index (χ1) is 19.8. The summed E-state index contributed by atoms with van der Waals surface area (Å²) in [6.07, 6.45) is 10.7. The van der Waals surface area contributed by atoms with Gasteiger partial charge in [-0.3, -0.25) is 0 Å². The summed E-state index contributed by atoms with van der Waals surface area (Å²) in [5, 5.41) is 38.0. The van der Waals surface area contributed by atoms with Crippen molar-refractivity contribution < 1.29 is 20.4 Å². The van der Waals surface area contributed by atoms with Crippen LogP contribution in [0.1, 0.15) is 93.9 Å². The lowest BCUT2D eigenvalue weighted by Crippen LogP contribution is -2.23. The van der Waals surface area contributed by atoms with Crippen molar-refractivity contribution in [3.05, 3.63) is 119 Å². The third-order valence-electron chi connectivity index (χ3n) is 8.84. The average molecular weight is 553 g/mol. The van der Waals surface area contributed by atoms with Crippen molar-refractivity contribution in [3.63, 3.8) is 0 Å². The van der Waals surface area contributed by atoms with Gasteiger partial charge in [0.25, 0.3) is 0 Å². The second kappa shape index (κ2) is 13.6. The van der Waals surface area contributed by atoms with Crippen LogP contribution in [0.5, 0.6) is 23.0 Å². The molecule has 0 aliphatic heterocycles. The normalized spacial score (nSPS) is 14.3. The SMILES string of the molecule is CCCCCCC(C)(c1ccc(O)cc1)c1ccc(O)cc1.Oc1ccc(C2(c3ccc(O)cc3)CCCC2)cc1. The summed E-state index contributed by atoms with van der Waals surface area (Å²) in [6.45, 7) is 4.47. The van der Waals surface area contributed by atoms with Crippen molar-refractivity contribution in [2.24, 2.45) is 0 Å². The summed E-state index contributed by atoms with van der Waals surface area (Å²) >= 11 is 0. The Bertz CT molecular complexity index is 1240. The summed E-state index contributed by atoms with van der Waals surface area (Å²) in [6, 6.07) is 30.1. The molecular formula is C37H44O4. The van der Waals surface area contributed by atoms with Crippen molar-refractivity contribution in [2.75, 3.05) is 0 Å². The first-order valence-corrected chi connectivity index (χ1v) is 14.9. The minimum atomic E-state index is -0.102. The molecule has 0 heterocycles. The zero-order valence-corrected chi connectivity index (χ0v) is 24.4. The van der Waals surface area contributed by atoms with Crippen LogP contribution in [0.3, 0.4) is 0 Å². The van der Waals surface area contributed by atoms with Crippen LogP contribution < -0.4 is 0 Å². The van der Waals surface area contributed by atoms with Crippen LogP contribution >= 0.6 is 0 Å². The van der Waals surface area contributed by atoms with Gasteiger partial charge in [0, 0.05) is 10.8 Å². The maximum atomic E-state index is 9.54. The summed E-state index contributed by atoms with van der Waals surface area (Å²) < 4.78 is 0. The largest absolute Gasteiger partial charge is 0.508 e. The lowest BCUT2D eigenvalue weighted by atomic mass is 9.72. The molecular weight excluding hydrogens is 508 g/mol. The Hall–Kier alpha value is -3.92. The first-order valence-electron chi connectivity index (χ1n) is 14.9.